The highest BCUT2D eigenvalue weighted by Crippen LogP contribution is 2.27. The molecular formula is C9H11N7O4S2. The summed E-state index contributed by atoms with van der Waals surface area (Å²) in [6.07, 6.45) is 0.680. The minimum atomic E-state index is -4.42. The lowest BCUT2D eigenvalue weighted by Gasteiger charge is -2.11. The quantitative estimate of drug-likeness (QED) is 0.452. The lowest BCUT2D eigenvalue weighted by molar-refractivity contribution is 0.595. The summed E-state index contributed by atoms with van der Waals surface area (Å²) in [5.41, 5.74) is 16.6. The fourth-order valence-electron chi connectivity index (χ4n) is 1.47. The van der Waals surface area contributed by atoms with Crippen LogP contribution in [-0.4, -0.2) is 23.4 Å². The van der Waals surface area contributed by atoms with Crippen LogP contribution in [-0.2, 0) is 20.0 Å². The Morgan fingerprint density at radius 1 is 1.09 bits per heavy atom. The maximum atomic E-state index is 11.9. The van der Waals surface area contributed by atoms with Crippen LogP contribution in [0.3, 0.4) is 0 Å². The van der Waals surface area contributed by atoms with Crippen LogP contribution in [0, 0.1) is 0 Å². The van der Waals surface area contributed by atoms with Gasteiger partial charge in [0.15, 0.2) is 0 Å². The van der Waals surface area contributed by atoms with Crippen LogP contribution in [0.5, 0.6) is 0 Å². The van der Waals surface area contributed by atoms with Gasteiger partial charge in [-0.1, -0.05) is 6.92 Å². The third-order valence-corrected chi connectivity index (χ3v) is 4.70. The minimum Gasteiger partial charge on any atom is -0.384 e. The van der Waals surface area contributed by atoms with Gasteiger partial charge in [-0.3, -0.25) is 0 Å². The topological polar surface area (TPSA) is 178 Å². The summed E-state index contributed by atoms with van der Waals surface area (Å²) < 4.78 is 52.4. The Morgan fingerprint density at radius 3 is 2.23 bits per heavy atom. The van der Waals surface area contributed by atoms with Gasteiger partial charge in [0.05, 0.1) is 15.5 Å². The molecule has 0 aliphatic carbocycles. The summed E-state index contributed by atoms with van der Waals surface area (Å²) in [5.74, 6) is 0. The van der Waals surface area contributed by atoms with Gasteiger partial charge < -0.3 is 5.32 Å². The van der Waals surface area contributed by atoms with Crippen LogP contribution in [0.4, 0.5) is 5.69 Å². The largest absolute Gasteiger partial charge is 0.384 e. The first-order chi connectivity index (χ1) is 10.3. The van der Waals surface area contributed by atoms with E-state index in [4.69, 9.17) is 11.1 Å². The Bertz CT molecular complexity index is 865. The Morgan fingerprint density at radius 2 is 1.68 bits per heavy atom. The highest BCUT2D eigenvalue weighted by molar-refractivity contribution is 7.91. The van der Waals surface area contributed by atoms with E-state index in [2.05, 4.69) is 24.2 Å². The fourth-order valence-corrected chi connectivity index (χ4v) is 3.12. The normalized spacial score (nSPS) is 11.1. The molecule has 1 aromatic rings. The van der Waals surface area contributed by atoms with E-state index in [1.54, 1.807) is 0 Å². The van der Waals surface area contributed by atoms with Gasteiger partial charge in [-0.05, 0) is 35.7 Å². The lowest BCUT2D eigenvalue weighted by Crippen LogP contribution is -2.08. The Kier molecular flexibility index (Phi) is 5.60. The average Bonchev–Trinajstić information content (AvgIpc) is 2.44. The van der Waals surface area contributed by atoms with E-state index in [0.29, 0.717) is 13.0 Å². The van der Waals surface area contributed by atoms with Gasteiger partial charge in [-0.15, -0.1) is 0 Å². The number of nitrogens with one attached hydrogen (secondary N) is 1. The van der Waals surface area contributed by atoms with E-state index in [-0.39, 0.29) is 5.69 Å². The standard InChI is InChI=1S/C9H11N7O4S2/c1-2-5-12-8-4-3-7(21(17,18)15-13-10)6-9(8)22(19,20)16-14-11/h3-4,6,12H,2,5H2,1H3. The van der Waals surface area contributed by atoms with Gasteiger partial charge in [-0.2, -0.15) is 0 Å². The number of anilines is 1. The maximum absolute atomic E-state index is 11.9. The first-order valence-electron chi connectivity index (χ1n) is 5.79. The molecule has 0 saturated heterocycles. The molecule has 1 N–H and O–H groups in total. The van der Waals surface area contributed by atoms with Gasteiger partial charge >= 0.3 is 0 Å². The molecule has 0 fully saturated rings. The highest BCUT2D eigenvalue weighted by Gasteiger charge is 2.22. The first kappa shape index (κ1) is 17.6. The summed E-state index contributed by atoms with van der Waals surface area (Å²) in [6, 6.07) is 3.04. The van der Waals surface area contributed by atoms with Crippen LogP contribution in [0.15, 0.2) is 37.0 Å². The van der Waals surface area contributed by atoms with Crippen molar-refractivity contribution in [2.45, 2.75) is 23.1 Å². The van der Waals surface area contributed by atoms with E-state index < -0.39 is 29.8 Å². The molecule has 0 bridgehead atoms. The van der Waals surface area contributed by atoms with Crippen LogP contribution < -0.4 is 5.32 Å². The molecule has 11 nitrogen and oxygen atoms in total. The summed E-state index contributed by atoms with van der Waals surface area (Å²) in [7, 11) is -8.79. The van der Waals surface area contributed by atoms with E-state index in [0.717, 1.165) is 12.1 Å². The number of hydrogen-bond donors (Lipinski definition) is 1. The van der Waals surface area contributed by atoms with Crippen LogP contribution >= 0.6 is 0 Å². The van der Waals surface area contributed by atoms with Crippen molar-refractivity contribution < 1.29 is 16.8 Å². The molecule has 22 heavy (non-hydrogen) atoms. The SMILES string of the molecule is CCCNc1ccc(S(=O)(=O)N=[N+]=[N-])cc1S(=O)(=O)N=[N+]=[N-]. The minimum absolute atomic E-state index is 0.0779. The summed E-state index contributed by atoms with van der Waals surface area (Å²) in [6.45, 7) is 2.26. The molecule has 13 heteroatoms. The molecule has 1 aromatic carbocycles. The molecule has 0 amide bonds. The van der Waals surface area contributed by atoms with E-state index in [1.165, 1.54) is 6.07 Å². The van der Waals surface area contributed by atoms with Gasteiger partial charge in [0.1, 0.15) is 0 Å². The second-order valence-electron chi connectivity index (χ2n) is 3.88. The van der Waals surface area contributed by atoms with Gasteiger partial charge in [0.25, 0.3) is 20.0 Å². The third kappa shape index (κ3) is 4.02. The fraction of sp³-hybridized carbons (Fsp3) is 0.333. The number of rotatable bonds is 7. The molecule has 0 atom stereocenters. The summed E-state index contributed by atoms with van der Waals surface area (Å²) >= 11 is 0. The first-order valence-corrected chi connectivity index (χ1v) is 8.67. The molecule has 1 rings (SSSR count). The third-order valence-electron chi connectivity index (χ3n) is 2.38. The molecular weight excluding hydrogens is 334 g/mol. The van der Waals surface area contributed by atoms with Crippen molar-refractivity contribution in [3.8, 4) is 0 Å². The molecule has 0 radical (unpaired) electrons. The molecule has 0 saturated carbocycles. The predicted molar refractivity (Wildman–Crippen MR) is 77.9 cm³/mol. The summed E-state index contributed by atoms with van der Waals surface area (Å²) in [5, 5.41) is 2.78. The zero-order chi connectivity index (χ0) is 16.8. The van der Waals surface area contributed by atoms with Crippen molar-refractivity contribution in [2.75, 3.05) is 11.9 Å². The highest BCUT2D eigenvalue weighted by atomic mass is 32.2. The van der Waals surface area contributed by atoms with Crippen molar-refractivity contribution in [3.05, 3.63) is 39.1 Å². The number of sulfonamides is 2. The second-order valence-corrected chi connectivity index (χ2v) is 7.02. The smallest absolute Gasteiger partial charge is 0.266 e. The Balaban J connectivity index is 3.60. The molecule has 118 valence electrons. The number of azide groups is 2. The number of nitrogens with zero attached hydrogens (tertiary/aromatic N) is 6. The molecule has 0 heterocycles. The average molecular weight is 345 g/mol. The monoisotopic (exact) mass is 345 g/mol. The van der Waals surface area contributed by atoms with Crippen LogP contribution in [0.2, 0.25) is 0 Å². The number of benzene rings is 1. The molecule has 0 unspecified atom stereocenters. The van der Waals surface area contributed by atoms with Crippen molar-refractivity contribution in [1.82, 2.24) is 0 Å². The van der Waals surface area contributed by atoms with Crippen LogP contribution in [0.25, 0.3) is 20.9 Å². The van der Waals surface area contributed by atoms with Crippen molar-refractivity contribution in [3.63, 3.8) is 0 Å². The maximum Gasteiger partial charge on any atom is 0.266 e. The van der Waals surface area contributed by atoms with E-state index in [9.17, 15) is 16.8 Å². The molecule has 0 spiro atoms. The Hall–Kier alpha value is -2.46. The second kappa shape index (κ2) is 7.00. The van der Waals surface area contributed by atoms with E-state index >= 15 is 0 Å². The van der Waals surface area contributed by atoms with Gasteiger partial charge in [0, 0.05) is 25.4 Å². The Labute approximate surface area is 126 Å². The molecule has 0 aromatic heterocycles. The summed E-state index contributed by atoms with van der Waals surface area (Å²) in [4.78, 5) is 3.34. The van der Waals surface area contributed by atoms with Crippen molar-refractivity contribution in [2.24, 2.45) is 9.04 Å². The predicted octanol–water partition coefficient (Wildman–Crippen LogP) is 2.51. The van der Waals surface area contributed by atoms with Gasteiger partial charge in [-0.25, -0.2) is 16.8 Å². The van der Waals surface area contributed by atoms with Crippen LogP contribution in [0.1, 0.15) is 13.3 Å². The van der Waals surface area contributed by atoms with Crippen molar-refractivity contribution >= 4 is 25.7 Å². The zero-order valence-corrected chi connectivity index (χ0v) is 12.9. The zero-order valence-electron chi connectivity index (χ0n) is 11.3. The lowest BCUT2D eigenvalue weighted by atomic mass is 10.3. The number of hydrogen-bond acceptors (Lipinski definition) is 5. The molecule has 0 aliphatic rings. The van der Waals surface area contributed by atoms with E-state index in [1.807, 2.05) is 6.92 Å². The van der Waals surface area contributed by atoms with Gasteiger partial charge in [0.2, 0.25) is 0 Å². The van der Waals surface area contributed by atoms with Crippen molar-refractivity contribution in [1.29, 1.82) is 0 Å². The molecule has 0 aliphatic heterocycles.